The number of phenols is 2. The van der Waals surface area contributed by atoms with Crippen molar-refractivity contribution in [3.05, 3.63) is 78.4 Å². The van der Waals surface area contributed by atoms with Crippen LogP contribution in [0.15, 0.2) is 81.4 Å². The first-order chi connectivity index (χ1) is 11.0. The van der Waals surface area contributed by atoms with E-state index in [-0.39, 0.29) is 11.6 Å². The minimum absolute atomic E-state index is 0.133. The predicted octanol–water partition coefficient (Wildman–Crippen LogP) is 4.47. The van der Waals surface area contributed by atoms with E-state index in [1.54, 1.807) is 42.5 Å². The van der Waals surface area contributed by atoms with Crippen molar-refractivity contribution in [1.29, 1.82) is 0 Å². The molecule has 5 heteroatoms. The van der Waals surface area contributed by atoms with Crippen LogP contribution in [0.3, 0.4) is 0 Å². The largest absolute Gasteiger partial charge is 0.508 e. The number of halogens is 2. The highest BCUT2D eigenvalue weighted by molar-refractivity contribution is 7.97. The Bertz CT molecular complexity index is 772. The number of phenolic OH excluding ortho intramolecular Hbond substituents is 2. The number of hydrogen-bond donors (Lipinski definition) is 2. The van der Waals surface area contributed by atoms with Gasteiger partial charge in [-0.1, -0.05) is 0 Å². The third-order valence-corrected chi connectivity index (χ3v) is 5.49. The summed E-state index contributed by atoms with van der Waals surface area (Å²) >= 11 is 0. The maximum Gasteiger partial charge on any atom is 0.169 e. The highest BCUT2D eigenvalue weighted by atomic mass is 32.2. The monoisotopic (exact) mass is 331 g/mol. The Balaban J connectivity index is 2.14. The third-order valence-electron chi connectivity index (χ3n) is 3.28. The van der Waals surface area contributed by atoms with Crippen molar-refractivity contribution in [3.63, 3.8) is 0 Å². The van der Waals surface area contributed by atoms with E-state index in [9.17, 15) is 19.0 Å². The molecule has 3 aromatic carbocycles. The molecule has 116 valence electrons. The first-order valence-corrected chi connectivity index (χ1v) is 8.04. The second-order valence-electron chi connectivity index (χ2n) is 4.87. The summed E-state index contributed by atoms with van der Waals surface area (Å²) in [6, 6.07) is 16.8. The van der Waals surface area contributed by atoms with Crippen molar-refractivity contribution in [2.75, 3.05) is 0 Å². The average Bonchev–Trinajstić information content (AvgIpc) is 2.55. The molecule has 0 amide bonds. The lowest BCUT2D eigenvalue weighted by molar-refractivity contribution is 0.431. The van der Waals surface area contributed by atoms with Crippen LogP contribution in [0.4, 0.5) is 8.78 Å². The molecule has 0 saturated carbocycles. The van der Waals surface area contributed by atoms with Crippen LogP contribution in [-0.4, -0.2) is 10.2 Å². The molecule has 2 nitrogen and oxygen atoms in total. The van der Waals surface area contributed by atoms with Gasteiger partial charge >= 0.3 is 0 Å². The van der Waals surface area contributed by atoms with Gasteiger partial charge in [-0.25, -0.2) is 8.78 Å². The minimum atomic E-state index is -0.708. The molecule has 0 spiro atoms. The van der Waals surface area contributed by atoms with Crippen LogP contribution < -0.4 is 0 Å². The fourth-order valence-corrected chi connectivity index (χ4v) is 4.23. The van der Waals surface area contributed by atoms with Crippen LogP contribution >= 0.6 is 0 Å². The van der Waals surface area contributed by atoms with Gasteiger partial charge in [0.1, 0.15) is 11.6 Å². The molecule has 3 aromatic rings. The summed E-state index contributed by atoms with van der Waals surface area (Å²) in [6.07, 6.45) is 0. The molecule has 0 aliphatic carbocycles. The van der Waals surface area contributed by atoms with Crippen molar-refractivity contribution in [3.8, 4) is 11.5 Å². The van der Waals surface area contributed by atoms with E-state index in [0.29, 0.717) is 4.90 Å². The van der Waals surface area contributed by atoms with E-state index >= 15 is 0 Å². The maximum atomic E-state index is 13.8. The van der Waals surface area contributed by atoms with Gasteiger partial charge in [-0.05, 0) is 60.7 Å². The summed E-state index contributed by atoms with van der Waals surface area (Å²) in [4.78, 5) is 2.30. The molecular weight excluding hydrogens is 318 g/mol. The second kappa shape index (κ2) is 6.30. The van der Waals surface area contributed by atoms with Crippen LogP contribution in [0.5, 0.6) is 11.5 Å². The summed E-state index contributed by atoms with van der Waals surface area (Å²) in [5, 5.41) is 18.8. The van der Waals surface area contributed by atoms with E-state index in [4.69, 9.17) is 0 Å². The van der Waals surface area contributed by atoms with Gasteiger partial charge in [0.05, 0.1) is 10.9 Å². The Morgan fingerprint density at radius 2 is 1.17 bits per heavy atom. The normalized spacial score (nSPS) is 12.1. The van der Waals surface area contributed by atoms with Gasteiger partial charge in [0.25, 0.3) is 0 Å². The van der Waals surface area contributed by atoms with E-state index in [2.05, 4.69) is 0 Å². The summed E-state index contributed by atoms with van der Waals surface area (Å²) in [6.45, 7) is 0. The molecule has 0 radical (unpaired) electrons. The number of rotatable bonds is 3. The van der Waals surface area contributed by atoms with Crippen molar-refractivity contribution in [2.45, 2.75) is 14.7 Å². The van der Waals surface area contributed by atoms with Gasteiger partial charge in [-0.2, -0.15) is 0 Å². The van der Waals surface area contributed by atoms with Crippen LogP contribution in [0.1, 0.15) is 0 Å². The van der Waals surface area contributed by atoms with Gasteiger partial charge in [0, 0.05) is 6.07 Å². The van der Waals surface area contributed by atoms with Crippen molar-refractivity contribution >= 4 is 10.9 Å². The van der Waals surface area contributed by atoms with E-state index in [1.165, 1.54) is 24.3 Å². The molecule has 0 aliphatic heterocycles. The fourth-order valence-electron chi connectivity index (χ4n) is 2.18. The van der Waals surface area contributed by atoms with Gasteiger partial charge in [0.15, 0.2) is 26.3 Å². The Labute approximate surface area is 135 Å². The molecule has 0 saturated heterocycles. The van der Waals surface area contributed by atoms with Crippen molar-refractivity contribution in [1.82, 2.24) is 0 Å². The van der Waals surface area contributed by atoms with Gasteiger partial charge in [-0.15, -0.1) is 0 Å². The molecule has 0 bridgehead atoms. The Morgan fingerprint density at radius 3 is 1.74 bits per heavy atom. The van der Waals surface area contributed by atoms with Crippen LogP contribution in [0, 0.1) is 11.6 Å². The molecule has 3 rings (SSSR count). The summed E-state index contributed by atoms with van der Waals surface area (Å²) in [7, 11) is -0.679. The smallest absolute Gasteiger partial charge is 0.169 e. The van der Waals surface area contributed by atoms with Crippen molar-refractivity contribution in [2.24, 2.45) is 0 Å². The van der Waals surface area contributed by atoms with E-state index in [0.717, 1.165) is 9.79 Å². The molecule has 0 heterocycles. The summed E-state index contributed by atoms with van der Waals surface area (Å²) in [5.41, 5.74) is 0. The zero-order chi connectivity index (χ0) is 16.4. The predicted molar refractivity (Wildman–Crippen MR) is 84.7 cm³/mol. The topological polar surface area (TPSA) is 40.5 Å². The third kappa shape index (κ3) is 3.29. The van der Waals surface area contributed by atoms with Crippen LogP contribution in [0.25, 0.3) is 0 Å². The number of benzene rings is 3. The van der Waals surface area contributed by atoms with Crippen LogP contribution in [-0.2, 0) is 10.9 Å². The Hall–Kier alpha value is -2.53. The fraction of sp³-hybridized carbons (Fsp3) is 0. The number of aromatic hydroxyl groups is 2. The average molecular weight is 331 g/mol. The molecule has 2 N–H and O–H groups in total. The highest BCUT2D eigenvalue weighted by Crippen LogP contribution is 2.33. The lowest BCUT2D eigenvalue weighted by atomic mass is 10.3. The summed E-state index contributed by atoms with van der Waals surface area (Å²) < 4.78 is 27.0. The van der Waals surface area contributed by atoms with Gasteiger partial charge < -0.3 is 10.2 Å². The minimum Gasteiger partial charge on any atom is -0.508 e. The second-order valence-corrected chi connectivity index (χ2v) is 6.89. The van der Waals surface area contributed by atoms with Crippen molar-refractivity contribution < 1.29 is 19.0 Å². The first-order valence-electron chi connectivity index (χ1n) is 6.82. The zero-order valence-corrected chi connectivity index (χ0v) is 12.7. The number of hydrogen-bond acceptors (Lipinski definition) is 2. The molecule has 23 heavy (non-hydrogen) atoms. The molecule has 0 aliphatic rings. The molecule has 1 atom stereocenters. The first kappa shape index (κ1) is 15.4. The maximum absolute atomic E-state index is 13.8. The Morgan fingerprint density at radius 1 is 0.652 bits per heavy atom. The van der Waals surface area contributed by atoms with Crippen LogP contribution in [0.2, 0.25) is 0 Å². The highest BCUT2D eigenvalue weighted by Gasteiger charge is 2.29. The van der Waals surface area contributed by atoms with E-state index in [1.807, 2.05) is 0 Å². The molecule has 0 fully saturated rings. The van der Waals surface area contributed by atoms with Gasteiger partial charge in [0.2, 0.25) is 0 Å². The zero-order valence-electron chi connectivity index (χ0n) is 11.9. The lowest BCUT2D eigenvalue weighted by Crippen LogP contribution is -2.05. The quantitative estimate of drug-likeness (QED) is 0.695. The van der Waals surface area contributed by atoms with E-state index < -0.39 is 22.5 Å². The summed E-state index contributed by atoms with van der Waals surface area (Å²) in [5.74, 6) is -1.34. The lowest BCUT2D eigenvalue weighted by Gasteiger charge is -2.08. The Kier molecular flexibility index (Phi) is 4.21. The standard InChI is InChI=1S/C18H12F2O2S/c19-12-1-5-14(6-2-12)23(15-7-3-13(21)4-8-15)16-9-10-18(22)17(20)11-16/h1-11H,(H-,21,22)/p+1. The SMILES string of the molecule is Oc1ccc([S+](c2ccc(F)cc2)c2ccc(O)c(F)c2)cc1. The molecule has 1 unspecified atom stereocenters. The van der Waals surface area contributed by atoms with Gasteiger partial charge in [-0.3, -0.25) is 0 Å². The molecule has 0 aromatic heterocycles. The molecular formula is C18H13F2O2S+.